The van der Waals surface area contributed by atoms with Crippen molar-refractivity contribution in [2.75, 3.05) is 13.6 Å². The number of likely N-dealkylation sites (tertiary alicyclic amines) is 1. The topological polar surface area (TPSA) is 41.9 Å². The summed E-state index contributed by atoms with van der Waals surface area (Å²) in [5.74, 6) is 2.06. The Labute approximate surface area is 165 Å². The van der Waals surface area contributed by atoms with Crippen molar-refractivity contribution in [1.82, 2.24) is 4.90 Å². The molecule has 5 unspecified atom stereocenters. The summed E-state index contributed by atoms with van der Waals surface area (Å²) in [4.78, 5) is 2.48. The van der Waals surface area contributed by atoms with Crippen molar-refractivity contribution < 1.29 is 14.6 Å². The lowest BCUT2D eigenvalue weighted by Crippen LogP contribution is -2.64. The zero-order valence-electron chi connectivity index (χ0n) is 16.0. The van der Waals surface area contributed by atoms with Crippen molar-refractivity contribution in [3.8, 4) is 11.5 Å². The third kappa shape index (κ3) is 2.08. The largest absolute Gasteiger partial charge is 0.485 e. The van der Waals surface area contributed by atoms with Crippen LogP contribution in [0.2, 0.25) is 0 Å². The van der Waals surface area contributed by atoms with Crippen molar-refractivity contribution in [3.05, 3.63) is 71.3 Å². The van der Waals surface area contributed by atoms with Crippen LogP contribution >= 0.6 is 0 Å². The summed E-state index contributed by atoms with van der Waals surface area (Å²) in [7, 11) is 2.23. The summed E-state index contributed by atoms with van der Waals surface area (Å²) in [5, 5.41) is 10.8. The van der Waals surface area contributed by atoms with E-state index in [-0.39, 0.29) is 11.5 Å². The molecular weight excluding hydrogens is 350 g/mol. The van der Waals surface area contributed by atoms with E-state index in [9.17, 15) is 5.11 Å². The fraction of sp³-hybridized carbons (Fsp3) is 0.417. The number of benzene rings is 2. The third-order valence-corrected chi connectivity index (χ3v) is 7.37. The number of likely N-dealkylation sites (N-methyl/N-ethyl adjacent to an activating group) is 1. The first-order valence-electron chi connectivity index (χ1n) is 10.2. The molecule has 4 nitrogen and oxygen atoms in total. The minimum atomic E-state index is -0.569. The molecule has 2 heterocycles. The number of aliphatic hydroxyl groups is 1. The van der Waals surface area contributed by atoms with Crippen LogP contribution in [0.25, 0.3) is 0 Å². The summed E-state index contributed by atoms with van der Waals surface area (Å²) in [6.07, 6.45) is 5.45. The number of nitrogens with zero attached hydrogens (tertiary/aromatic N) is 1. The first kappa shape index (κ1) is 16.6. The monoisotopic (exact) mass is 375 g/mol. The molecule has 2 aliphatic heterocycles. The van der Waals surface area contributed by atoms with Crippen molar-refractivity contribution in [2.45, 2.75) is 43.1 Å². The normalized spacial score (nSPS) is 34.6. The van der Waals surface area contributed by atoms with E-state index in [1.165, 1.54) is 11.1 Å². The van der Waals surface area contributed by atoms with Crippen LogP contribution in [0.1, 0.15) is 23.1 Å². The van der Waals surface area contributed by atoms with Crippen LogP contribution in [0.3, 0.4) is 0 Å². The minimum absolute atomic E-state index is 0.125. The number of ether oxygens (including phenoxy) is 2. The van der Waals surface area contributed by atoms with E-state index < -0.39 is 6.10 Å². The van der Waals surface area contributed by atoms with Gasteiger partial charge in [0.25, 0.3) is 0 Å². The van der Waals surface area contributed by atoms with E-state index in [1.54, 1.807) is 0 Å². The van der Waals surface area contributed by atoms with Crippen molar-refractivity contribution in [1.29, 1.82) is 0 Å². The van der Waals surface area contributed by atoms with Gasteiger partial charge < -0.3 is 19.5 Å². The molecule has 4 heteroatoms. The highest BCUT2D eigenvalue weighted by Gasteiger charge is 2.64. The summed E-state index contributed by atoms with van der Waals surface area (Å²) in [5.41, 5.74) is 3.68. The molecule has 0 saturated carbocycles. The lowest BCUT2D eigenvalue weighted by atomic mass is 9.53. The zero-order valence-corrected chi connectivity index (χ0v) is 16.0. The number of piperidine rings is 1. The Kier molecular flexibility index (Phi) is 3.48. The van der Waals surface area contributed by atoms with Crippen LogP contribution in [-0.4, -0.2) is 41.8 Å². The Balaban J connectivity index is 1.45. The van der Waals surface area contributed by atoms with Gasteiger partial charge >= 0.3 is 0 Å². The van der Waals surface area contributed by atoms with Gasteiger partial charge in [-0.3, -0.25) is 0 Å². The number of hydrogen-bond acceptors (Lipinski definition) is 4. The van der Waals surface area contributed by atoms with E-state index in [4.69, 9.17) is 9.47 Å². The van der Waals surface area contributed by atoms with E-state index >= 15 is 0 Å². The van der Waals surface area contributed by atoms with Crippen molar-refractivity contribution >= 4 is 0 Å². The fourth-order valence-electron chi connectivity index (χ4n) is 6.08. The Morgan fingerprint density at radius 3 is 2.89 bits per heavy atom. The highest BCUT2D eigenvalue weighted by molar-refractivity contribution is 5.62. The van der Waals surface area contributed by atoms with Crippen molar-refractivity contribution in [2.24, 2.45) is 5.92 Å². The van der Waals surface area contributed by atoms with Gasteiger partial charge in [0.1, 0.15) is 18.8 Å². The van der Waals surface area contributed by atoms with E-state index in [2.05, 4.69) is 42.3 Å². The Hall–Kier alpha value is -2.30. The average molecular weight is 375 g/mol. The van der Waals surface area contributed by atoms with Gasteiger partial charge in [0, 0.05) is 22.9 Å². The molecule has 0 amide bonds. The maximum atomic E-state index is 10.8. The second-order valence-electron chi connectivity index (χ2n) is 8.68. The Bertz CT molecular complexity index is 956. The van der Waals surface area contributed by atoms with Gasteiger partial charge in [0.15, 0.2) is 11.5 Å². The van der Waals surface area contributed by atoms with Gasteiger partial charge in [-0.05, 0) is 43.6 Å². The molecule has 0 aromatic heterocycles. The van der Waals surface area contributed by atoms with Gasteiger partial charge in [-0.2, -0.15) is 0 Å². The van der Waals surface area contributed by atoms with Gasteiger partial charge in [-0.25, -0.2) is 0 Å². The second kappa shape index (κ2) is 5.85. The summed E-state index contributed by atoms with van der Waals surface area (Å²) < 4.78 is 12.7. The second-order valence-corrected chi connectivity index (χ2v) is 8.68. The minimum Gasteiger partial charge on any atom is -0.485 e. The van der Waals surface area contributed by atoms with Gasteiger partial charge in [-0.1, -0.05) is 48.6 Å². The van der Waals surface area contributed by atoms with Crippen LogP contribution < -0.4 is 9.47 Å². The highest BCUT2D eigenvalue weighted by atomic mass is 16.5. The average Bonchev–Trinajstić information content (AvgIpc) is 3.07. The molecule has 2 aromatic carbocycles. The van der Waals surface area contributed by atoms with Crippen molar-refractivity contribution in [3.63, 3.8) is 0 Å². The van der Waals surface area contributed by atoms with Crippen LogP contribution in [0.5, 0.6) is 11.5 Å². The van der Waals surface area contributed by atoms with Crippen LogP contribution in [0.15, 0.2) is 54.6 Å². The molecule has 1 saturated heterocycles. The van der Waals surface area contributed by atoms with E-state index in [0.717, 1.165) is 36.4 Å². The maximum absolute atomic E-state index is 10.8. The highest BCUT2D eigenvalue weighted by Crippen LogP contribution is 2.62. The van der Waals surface area contributed by atoms with Crippen LogP contribution in [0.4, 0.5) is 0 Å². The molecule has 2 bridgehead atoms. The number of hydrogen-bond donors (Lipinski definition) is 1. The molecule has 28 heavy (non-hydrogen) atoms. The number of aliphatic hydroxyl groups excluding tert-OH is 1. The first-order chi connectivity index (χ1) is 13.7. The molecule has 1 spiro atoms. The third-order valence-electron chi connectivity index (χ3n) is 7.37. The van der Waals surface area contributed by atoms with E-state index in [1.807, 2.05) is 24.3 Å². The molecule has 6 rings (SSSR count). The molecule has 1 fully saturated rings. The van der Waals surface area contributed by atoms with Gasteiger partial charge in [-0.15, -0.1) is 0 Å². The Morgan fingerprint density at radius 1 is 1.18 bits per heavy atom. The van der Waals surface area contributed by atoms with E-state index in [0.29, 0.717) is 18.6 Å². The predicted molar refractivity (Wildman–Crippen MR) is 107 cm³/mol. The maximum Gasteiger partial charge on any atom is 0.166 e. The molecular formula is C24H25NO3. The smallest absolute Gasteiger partial charge is 0.166 e. The SMILES string of the molecule is CN1CCC23c4c5ccc(OCc6ccccc6)c4OC2C(O)C=CC3C1C5. The van der Waals surface area contributed by atoms with Crippen LogP contribution in [-0.2, 0) is 18.4 Å². The quantitative estimate of drug-likeness (QED) is 0.838. The summed E-state index contributed by atoms with van der Waals surface area (Å²) in [6, 6.07) is 15.0. The lowest BCUT2D eigenvalue weighted by Gasteiger charge is -2.56. The predicted octanol–water partition coefficient (Wildman–Crippen LogP) is 3.07. The van der Waals surface area contributed by atoms with Crippen LogP contribution in [0, 0.1) is 5.92 Å². The molecule has 5 atom stereocenters. The molecule has 2 aromatic rings. The molecule has 0 radical (unpaired) electrons. The summed E-state index contributed by atoms with van der Waals surface area (Å²) in [6.45, 7) is 1.55. The first-order valence-corrected chi connectivity index (χ1v) is 10.2. The Morgan fingerprint density at radius 2 is 2.04 bits per heavy atom. The fourth-order valence-corrected chi connectivity index (χ4v) is 6.08. The number of rotatable bonds is 3. The molecule has 4 aliphatic rings. The van der Waals surface area contributed by atoms with Gasteiger partial charge in [0.05, 0.1) is 0 Å². The standard InChI is InChI=1S/C24H25NO3/c1-25-12-11-24-17-8-9-19(26)23(24)28-22-20(27-14-15-5-3-2-4-6-15)10-7-16(21(22)24)13-18(17)25/h2-10,17-19,23,26H,11-14H2,1H3. The zero-order chi connectivity index (χ0) is 18.9. The summed E-state index contributed by atoms with van der Waals surface area (Å²) >= 11 is 0. The molecule has 144 valence electrons. The van der Waals surface area contributed by atoms with Gasteiger partial charge in [0.2, 0.25) is 0 Å². The lowest BCUT2D eigenvalue weighted by molar-refractivity contribution is -0.0454. The molecule has 1 N–H and O–H groups in total. The molecule has 2 aliphatic carbocycles.